The van der Waals surface area contributed by atoms with Gasteiger partial charge in [-0.1, -0.05) is 19.1 Å². The van der Waals surface area contributed by atoms with Crippen molar-refractivity contribution < 1.29 is 19.5 Å². The van der Waals surface area contributed by atoms with Gasteiger partial charge in [0.25, 0.3) is 5.91 Å². The average molecular weight is 276 g/mol. The summed E-state index contributed by atoms with van der Waals surface area (Å²) in [6.07, 6.45) is 0.859. The number of carboxylic acids is 1. The summed E-state index contributed by atoms with van der Waals surface area (Å²) in [7, 11) is 0. The van der Waals surface area contributed by atoms with Crippen molar-refractivity contribution in [3.8, 4) is 0 Å². The normalized spacial score (nSPS) is 18.6. The fourth-order valence-corrected chi connectivity index (χ4v) is 2.12. The zero-order chi connectivity index (χ0) is 14.7. The number of benzene rings is 1. The van der Waals surface area contributed by atoms with E-state index in [2.05, 4.69) is 5.32 Å². The molecule has 0 bridgehead atoms. The summed E-state index contributed by atoms with van der Waals surface area (Å²) < 4.78 is 0. The van der Waals surface area contributed by atoms with Crippen LogP contribution in [0, 0.1) is 0 Å². The van der Waals surface area contributed by atoms with Crippen LogP contribution < -0.4 is 5.32 Å². The number of rotatable bonds is 3. The largest absolute Gasteiger partial charge is 0.480 e. The Morgan fingerprint density at radius 2 is 2.00 bits per heavy atom. The van der Waals surface area contributed by atoms with Crippen molar-refractivity contribution in [2.75, 3.05) is 13.1 Å². The molecular formula is C14H16N2O4. The molecule has 0 saturated carbocycles. The summed E-state index contributed by atoms with van der Waals surface area (Å²) in [5.41, 5.74) is 1.48. The molecule has 1 unspecified atom stereocenters. The molecule has 1 fully saturated rings. The quantitative estimate of drug-likeness (QED) is 0.830. The first-order chi connectivity index (χ1) is 9.52. The second kappa shape index (κ2) is 5.73. The number of amides is 2. The molecule has 1 aliphatic rings. The highest BCUT2D eigenvalue weighted by molar-refractivity contribution is 5.99. The zero-order valence-electron chi connectivity index (χ0n) is 11.1. The van der Waals surface area contributed by atoms with E-state index in [0.29, 0.717) is 5.56 Å². The Morgan fingerprint density at radius 1 is 1.35 bits per heavy atom. The van der Waals surface area contributed by atoms with E-state index in [9.17, 15) is 14.4 Å². The van der Waals surface area contributed by atoms with E-state index in [1.807, 2.05) is 19.1 Å². The molecule has 2 rings (SSSR count). The number of hydrogen-bond donors (Lipinski definition) is 2. The lowest BCUT2D eigenvalue weighted by atomic mass is 10.1. The highest BCUT2D eigenvalue weighted by Crippen LogP contribution is 2.13. The Bertz CT molecular complexity index is 539. The molecule has 6 nitrogen and oxygen atoms in total. The molecule has 6 heteroatoms. The van der Waals surface area contributed by atoms with E-state index in [1.54, 1.807) is 12.1 Å². The monoisotopic (exact) mass is 276 g/mol. The summed E-state index contributed by atoms with van der Waals surface area (Å²) in [5.74, 6) is -1.90. The summed E-state index contributed by atoms with van der Waals surface area (Å²) in [5, 5.41) is 11.6. The Hall–Kier alpha value is -2.37. The van der Waals surface area contributed by atoms with Crippen LogP contribution in [-0.2, 0) is 16.0 Å². The van der Waals surface area contributed by atoms with Crippen molar-refractivity contribution in [1.29, 1.82) is 0 Å². The lowest BCUT2D eigenvalue weighted by molar-refractivity contribution is -0.144. The number of nitrogens with one attached hydrogen (secondary N) is 1. The summed E-state index contributed by atoms with van der Waals surface area (Å²) in [6.45, 7) is 1.71. The minimum atomic E-state index is -1.12. The van der Waals surface area contributed by atoms with Crippen LogP contribution in [0.15, 0.2) is 24.3 Å². The highest BCUT2D eigenvalue weighted by atomic mass is 16.4. The SMILES string of the molecule is CCc1ccc(C(=O)N2CC(=O)NCC2C(=O)O)cc1. The van der Waals surface area contributed by atoms with Crippen molar-refractivity contribution in [3.63, 3.8) is 0 Å². The van der Waals surface area contributed by atoms with Crippen LogP contribution in [0.25, 0.3) is 0 Å². The molecule has 0 aromatic heterocycles. The Labute approximate surface area is 116 Å². The van der Waals surface area contributed by atoms with E-state index in [4.69, 9.17) is 5.11 Å². The molecule has 2 N–H and O–H groups in total. The topological polar surface area (TPSA) is 86.7 Å². The standard InChI is InChI=1S/C14H16N2O4/c1-2-9-3-5-10(6-4-9)13(18)16-8-12(17)15-7-11(16)14(19)20/h3-6,11H,2,7-8H2,1H3,(H,15,17)(H,19,20). The number of nitrogens with zero attached hydrogens (tertiary/aromatic N) is 1. The molecule has 1 aromatic rings. The van der Waals surface area contributed by atoms with Crippen molar-refractivity contribution in [2.24, 2.45) is 0 Å². The molecule has 0 aliphatic carbocycles. The van der Waals surface area contributed by atoms with Gasteiger partial charge in [0.05, 0.1) is 0 Å². The van der Waals surface area contributed by atoms with Crippen LogP contribution in [0.1, 0.15) is 22.8 Å². The molecule has 1 aromatic carbocycles. The Balaban J connectivity index is 2.23. The molecule has 1 aliphatic heterocycles. The van der Waals surface area contributed by atoms with Crippen LogP contribution in [0.3, 0.4) is 0 Å². The number of aryl methyl sites for hydroxylation is 1. The fraction of sp³-hybridized carbons (Fsp3) is 0.357. The first-order valence-corrected chi connectivity index (χ1v) is 6.42. The summed E-state index contributed by atoms with van der Waals surface area (Å²) in [4.78, 5) is 36.0. The number of carbonyl (C=O) groups excluding carboxylic acids is 2. The van der Waals surface area contributed by atoms with Crippen molar-refractivity contribution in [1.82, 2.24) is 10.2 Å². The molecule has 0 radical (unpaired) electrons. The number of hydrogen-bond acceptors (Lipinski definition) is 3. The van der Waals surface area contributed by atoms with Crippen molar-refractivity contribution in [3.05, 3.63) is 35.4 Å². The van der Waals surface area contributed by atoms with E-state index in [1.165, 1.54) is 0 Å². The van der Waals surface area contributed by atoms with Gasteiger partial charge in [0.15, 0.2) is 0 Å². The smallest absolute Gasteiger partial charge is 0.328 e. The minimum absolute atomic E-state index is 0.0625. The lowest BCUT2D eigenvalue weighted by Crippen LogP contribution is -2.59. The maximum atomic E-state index is 12.3. The van der Waals surface area contributed by atoms with Crippen LogP contribution >= 0.6 is 0 Å². The second-order valence-electron chi connectivity index (χ2n) is 4.64. The molecular weight excluding hydrogens is 260 g/mol. The van der Waals surface area contributed by atoms with Crippen LogP contribution in [0.4, 0.5) is 0 Å². The molecule has 1 heterocycles. The minimum Gasteiger partial charge on any atom is -0.480 e. The van der Waals surface area contributed by atoms with E-state index in [0.717, 1.165) is 16.9 Å². The molecule has 1 saturated heterocycles. The maximum absolute atomic E-state index is 12.3. The molecule has 1 atom stereocenters. The number of carbonyl (C=O) groups is 3. The lowest BCUT2D eigenvalue weighted by Gasteiger charge is -2.32. The molecule has 0 spiro atoms. The maximum Gasteiger partial charge on any atom is 0.328 e. The van der Waals surface area contributed by atoms with E-state index < -0.39 is 17.9 Å². The third-order valence-electron chi connectivity index (χ3n) is 3.34. The average Bonchev–Trinajstić information content (AvgIpc) is 2.46. The highest BCUT2D eigenvalue weighted by Gasteiger charge is 2.35. The Morgan fingerprint density at radius 3 is 2.55 bits per heavy atom. The van der Waals surface area contributed by atoms with Gasteiger partial charge < -0.3 is 15.3 Å². The van der Waals surface area contributed by atoms with E-state index >= 15 is 0 Å². The van der Waals surface area contributed by atoms with Crippen molar-refractivity contribution in [2.45, 2.75) is 19.4 Å². The predicted molar refractivity (Wildman–Crippen MR) is 71.3 cm³/mol. The van der Waals surface area contributed by atoms with Gasteiger partial charge in [0.1, 0.15) is 12.6 Å². The van der Waals surface area contributed by atoms with Gasteiger partial charge in [-0.05, 0) is 24.1 Å². The molecule has 20 heavy (non-hydrogen) atoms. The van der Waals surface area contributed by atoms with Gasteiger partial charge in [0, 0.05) is 12.1 Å². The van der Waals surface area contributed by atoms with Gasteiger partial charge in [-0.3, -0.25) is 9.59 Å². The predicted octanol–water partition coefficient (Wildman–Crippen LogP) is 0.274. The van der Waals surface area contributed by atoms with Gasteiger partial charge in [-0.25, -0.2) is 4.79 Å². The second-order valence-corrected chi connectivity index (χ2v) is 4.64. The van der Waals surface area contributed by atoms with Gasteiger partial charge in [-0.2, -0.15) is 0 Å². The summed E-state index contributed by atoms with van der Waals surface area (Å²) in [6, 6.07) is 5.95. The van der Waals surface area contributed by atoms with Gasteiger partial charge in [0.2, 0.25) is 5.91 Å². The number of piperazine rings is 1. The third kappa shape index (κ3) is 2.79. The van der Waals surface area contributed by atoms with Gasteiger partial charge in [-0.15, -0.1) is 0 Å². The van der Waals surface area contributed by atoms with Crippen molar-refractivity contribution >= 4 is 17.8 Å². The molecule has 106 valence electrons. The third-order valence-corrected chi connectivity index (χ3v) is 3.34. The fourth-order valence-electron chi connectivity index (χ4n) is 2.12. The Kier molecular flexibility index (Phi) is 4.02. The number of aliphatic carboxylic acids is 1. The van der Waals surface area contributed by atoms with Crippen LogP contribution in [0.5, 0.6) is 0 Å². The summed E-state index contributed by atoms with van der Waals surface area (Å²) >= 11 is 0. The van der Waals surface area contributed by atoms with E-state index in [-0.39, 0.29) is 19.0 Å². The first kappa shape index (κ1) is 14.0. The molecule has 2 amide bonds. The number of carboxylic acid groups (broad SMARTS) is 1. The van der Waals surface area contributed by atoms with Crippen LogP contribution in [0.2, 0.25) is 0 Å². The van der Waals surface area contributed by atoms with Crippen LogP contribution in [-0.4, -0.2) is 46.9 Å². The zero-order valence-corrected chi connectivity index (χ0v) is 11.1. The van der Waals surface area contributed by atoms with Gasteiger partial charge >= 0.3 is 5.97 Å². The first-order valence-electron chi connectivity index (χ1n) is 6.42.